The van der Waals surface area contributed by atoms with Gasteiger partial charge in [-0.25, -0.2) is 0 Å². The number of rotatable bonds is 6. The highest BCUT2D eigenvalue weighted by Crippen LogP contribution is 2.52. The average molecular weight is 844 g/mol. The van der Waals surface area contributed by atoms with E-state index in [0.29, 0.717) is 0 Å². The first kappa shape index (κ1) is 41.4. The van der Waals surface area contributed by atoms with Gasteiger partial charge < -0.3 is 10.2 Å². The van der Waals surface area contributed by atoms with Crippen LogP contribution in [0.4, 0.5) is 28.4 Å². The molecule has 0 amide bonds. The monoisotopic (exact) mass is 843 g/mol. The normalized spacial score (nSPS) is 17.3. The Bertz CT molecular complexity index is 3140. The molecule has 0 saturated heterocycles. The standard InChI is InChI=1S/C62H60BN2/c1-59(2)31-32-60(3,4)51-37-45(26-29-50(51)59)64-55-39-53-52(61(5,6)33-34-62(53,7)8)38-48(55)49-35-44-21-15-16-22-47(44)58-57(49)63-54-36-43(41-19-13-10-14-20-41)25-30-56(54)65(58)46-27-23-42(24-28-46)40-17-11-9-12-18-40/h9-30,35-39,64H,31-34H2,1-8H3. The van der Waals surface area contributed by atoms with Crippen LogP contribution in [0.5, 0.6) is 0 Å². The molecular formula is C62H60BN2. The van der Waals surface area contributed by atoms with E-state index >= 15 is 0 Å². The molecule has 65 heavy (non-hydrogen) atoms. The second-order valence-electron chi connectivity index (χ2n) is 21.8. The molecule has 8 aromatic carbocycles. The third-order valence-corrected chi connectivity index (χ3v) is 15.6. The Kier molecular flexibility index (Phi) is 9.63. The van der Waals surface area contributed by atoms with Crippen molar-refractivity contribution in [3.63, 3.8) is 0 Å². The number of nitrogens with zero attached hydrogens (tertiary/aromatic N) is 1. The van der Waals surface area contributed by atoms with Gasteiger partial charge in [-0.15, -0.1) is 0 Å². The summed E-state index contributed by atoms with van der Waals surface area (Å²) in [4.78, 5) is 2.53. The van der Waals surface area contributed by atoms with Crippen LogP contribution in [0.3, 0.4) is 0 Å². The fraction of sp³-hybridized carbons (Fsp3) is 0.258. The highest BCUT2D eigenvalue weighted by molar-refractivity contribution is 6.74. The van der Waals surface area contributed by atoms with E-state index in [1.165, 1.54) is 102 Å². The van der Waals surface area contributed by atoms with Crippen LogP contribution in [-0.4, -0.2) is 7.28 Å². The number of anilines is 5. The molecule has 0 saturated carbocycles. The summed E-state index contributed by atoms with van der Waals surface area (Å²) < 4.78 is 0. The van der Waals surface area contributed by atoms with Crippen molar-refractivity contribution in [3.8, 4) is 33.4 Å². The highest BCUT2D eigenvalue weighted by atomic mass is 15.2. The predicted molar refractivity (Wildman–Crippen MR) is 280 cm³/mol. The van der Waals surface area contributed by atoms with Gasteiger partial charge in [-0.05, 0) is 157 Å². The zero-order valence-corrected chi connectivity index (χ0v) is 39.4. The summed E-state index contributed by atoms with van der Waals surface area (Å²) in [5, 5.41) is 6.61. The highest BCUT2D eigenvalue weighted by Gasteiger charge is 2.40. The van der Waals surface area contributed by atoms with Gasteiger partial charge in [-0.2, -0.15) is 0 Å². The van der Waals surface area contributed by atoms with Gasteiger partial charge in [0.05, 0.1) is 0 Å². The summed E-state index contributed by atoms with van der Waals surface area (Å²) in [6.07, 6.45) is 4.69. The Morgan fingerprint density at radius 3 is 1.65 bits per heavy atom. The molecule has 1 N–H and O–H groups in total. The number of hydrogen-bond donors (Lipinski definition) is 1. The van der Waals surface area contributed by atoms with E-state index < -0.39 is 0 Å². The maximum Gasteiger partial charge on any atom is 0.197 e. The van der Waals surface area contributed by atoms with Crippen LogP contribution in [0.1, 0.15) is 103 Å². The zero-order valence-electron chi connectivity index (χ0n) is 39.4. The molecule has 2 aliphatic carbocycles. The molecule has 0 unspecified atom stereocenters. The Balaban J connectivity index is 1.17. The van der Waals surface area contributed by atoms with E-state index in [0.717, 1.165) is 29.9 Å². The number of benzene rings is 8. The summed E-state index contributed by atoms with van der Waals surface area (Å²) in [5.74, 6) is 0. The fourth-order valence-corrected chi connectivity index (χ4v) is 11.4. The minimum absolute atomic E-state index is 0.0317. The van der Waals surface area contributed by atoms with E-state index in [1.807, 2.05) is 0 Å². The Labute approximate surface area is 388 Å². The molecule has 321 valence electrons. The van der Waals surface area contributed by atoms with Crippen molar-refractivity contribution in [2.45, 2.75) is 103 Å². The molecule has 0 bridgehead atoms. The largest absolute Gasteiger partial charge is 0.355 e. The lowest BCUT2D eigenvalue weighted by molar-refractivity contribution is 0.332. The maximum absolute atomic E-state index is 4.14. The smallest absolute Gasteiger partial charge is 0.197 e. The summed E-state index contributed by atoms with van der Waals surface area (Å²) >= 11 is 0. The molecule has 2 nitrogen and oxygen atoms in total. The minimum atomic E-state index is 0.0317. The van der Waals surface area contributed by atoms with Crippen molar-refractivity contribution in [2.24, 2.45) is 0 Å². The van der Waals surface area contributed by atoms with E-state index in [4.69, 9.17) is 0 Å². The van der Waals surface area contributed by atoms with Gasteiger partial charge in [-0.1, -0.05) is 176 Å². The molecule has 11 rings (SSSR count). The van der Waals surface area contributed by atoms with Crippen molar-refractivity contribution in [1.29, 1.82) is 0 Å². The molecule has 0 atom stereocenters. The summed E-state index contributed by atoms with van der Waals surface area (Å²) in [5.41, 5.74) is 21.8. The molecule has 1 radical (unpaired) electrons. The second kappa shape index (κ2) is 15.1. The van der Waals surface area contributed by atoms with Crippen LogP contribution in [0.25, 0.3) is 44.2 Å². The summed E-state index contributed by atoms with van der Waals surface area (Å²) in [6, 6.07) is 61.5. The van der Waals surface area contributed by atoms with Gasteiger partial charge in [-0.3, -0.25) is 0 Å². The Morgan fingerprint density at radius 1 is 0.446 bits per heavy atom. The van der Waals surface area contributed by atoms with Crippen molar-refractivity contribution in [2.75, 3.05) is 10.2 Å². The first-order valence-electron chi connectivity index (χ1n) is 23.8. The number of hydrogen-bond acceptors (Lipinski definition) is 2. The van der Waals surface area contributed by atoms with Crippen LogP contribution in [0, 0.1) is 0 Å². The topological polar surface area (TPSA) is 15.3 Å². The molecule has 0 spiro atoms. The van der Waals surface area contributed by atoms with Gasteiger partial charge >= 0.3 is 0 Å². The average Bonchev–Trinajstić information content (AvgIpc) is 3.31. The SMILES string of the molecule is CC1(C)CCC(C)(C)c2cc(Nc3cc4c(cc3-c3cc5ccccc5c5c3[B]c3cc(-c6ccccc6)ccc3N5c3ccc(-c5ccccc5)cc3)C(C)(C)CCC4(C)C)ccc21. The van der Waals surface area contributed by atoms with E-state index in [2.05, 4.69) is 237 Å². The first-order valence-corrected chi connectivity index (χ1v) is 23.8. The lowest BCUT2D eigenvalue weighted by atomic mass is 9.57. The molecule has 0 fully saturated rings. The van der Waals surface area contributed by atoms with Gasteiger partial charge in [0.1, 0.15) is 0 Å². The van der Waals surface area contributed by atoms with Crippen molar-refractivity contribution >= 4 is 57.4 Å². The number of nitrogens with one attached hydrogen (secondary N) is 1. The third kappa shape index (κ3) is 7.10. The molecule has 1 heterocycles. The maximum atomic E-state index is 4.14. The molecule has 8 aromatic rings. The van der Waals surface area contributed by atoms with Crippen molar-refractivity contribution in [3.05, 3.63) is 186 Å². The fourth-order valence-electron chi connectivity index (χ4n) is 11.4. The van der Waals surface area contributed by atoms with Crippen LogP contribution in [0.2, 0.25) is 0 Å². The van der Waals surface area contributed by atoms with Gasteiger partial charge in [0.25, 0.3) is 0 Å². The number of fused-ring (bicyclic) bond motifs is 6. The van der Waals surface area contributed by atoms with Crippen LogP contribution >= 0.6 is 0 Å². The van der Waals surface area contributed by atoms with Gasteiger partial charge in [0.2, 0.25) is 0 Å². The minimum Gasteiger partial charge on any atom is -0.355 e. The molecular weight excluding hydrogens is 784 g/mol. The molecule has 3 aliphatic rings. The summed E-state index contributed by atoms with van der Waals surface area (Å²) in [7, 11) is 2.48. The lowest BCUT2D eigenvalue weighted by Gasteiger charge is -2.43. The molecule has 3 heteroatoms. The van der Waals surface area contributed by atoms with Gasteiger partial charge in [0.15, 0.2) is 7.28 Å². The Morgan fingerprint density at radius 2 is 0.985 bits per heavy atom. The van der Waals surface area contributed by atoms with Crippen LogP contribution in [0.15, 0.2) is 164 Å². The van der Waals surface area contributed by atoms with Crippen LogP contribution in [-0.2, 0) is 21.7 Å². The second-order valence-corrected chi connectivity index (χ2v) is 21.8. The lowest BCUT2D eigenvalue weighted by Crippen LogP contribution is -2.41. The predicted octanol–water partition coefficient (Wildman–Crippen LogP) is 15.7. The quantitative estimate of drug-likeness (QED) is 0.168. The molecule has 1 aliphatic heterocycles. The van der Waals surface area contributed by atoms with Crippen LogP contribution < -0.4 is 21.1 Å². The summed E-state index contributed by atoms with van der Waals surface area (Å²) in [6.45, 7) is 19.5. The van der Waals surface area contributed by atoms with E-state index in [-0.39, 0.29) is 21.7 Å². The Hall–Kier alpha value is -6.32. The first-order chi connectivity index (χ1) is 31.2. The molecule has 0 aromatic heterocycles. The third-order valence-electron chi connectivity index (χ3n) is 15.6. The van der Waals surface area contributed by atoms with Gasteiger partial charge in [0, 0.05) is 39.4 Å². The van der Waals surface area contributed by atoms with Crippen molar-refractivity contribution in [1.82, 2.24) is 0 Å². The zero-order chi connectivity index (χ0) is 44.9. The van der Waals surface area contributed by atoms with E-state index in [9.17, 15) is 0 Å². The van der Waals surface area contributed by atoms with Crippen molar-refractivity contribution < 1.29 is 0 Å². The van der Waals surface area contributed by atoms with E-state index in [1.54, 1.807) is 0 Å².